The van der Waals surface area contributed by atoms with Gasteiger partial charge < -0.3 is 10.2 Å². The second-order valence-electron chi connectivity index (χ2n) is 6.48. The molecule has 1 saturated heterocycles. The summed E-state index contributed by atoms with van der Waals surface area (Å²) >= 11 is 12.0. The molecule has 2 nitrogen and oxygen atoms in total. The monoisotopic (exact) mass is 362 g/mol. The second kappa shape index (κ2) is 8.87. The van der Waals surface area contributed by atoms with Gasteiger partial charge in [0.2, 0.25) is 0 Å². The van der Waals surface area contributed by atoms with Crippen molar-refractivity contribution < 1.29 is 0 Å². The van der Waals surface area contributed by atoms with Crippen molar-refractivity contribution in [3.05, 3.63) is 69.7 Å². The lowest BCUT2D eigenvalue weighted by Crippen LogP contribution is -2.42. The predicted molar refractivity (Wildman–Crippen MR) is 103 cm³/mol. The summed E-state index contributed by atoms with van der Waals surface area (Å²) < 4.78 is 0. The highest BCUT2D eigenvalue weighted by atomic mass is 35.5. The van der Waals surface area contributed by atoms with E-state index in [4.69, 9.17) is 23.2 Å². The summed E-state index contributed by atoms with van der Waals surface area (Å²) in [5.74, 6) is 0. The van der Waals surface area contributed by atoms with Gasteiger partial charge in [-0.05, 0) is 55.6 Å². The van der Waals surface area contributed by atoms with Crippen LogP contribution in [0, 0.1) is 0 Å². The fraction of sp³-hybridized carbons (Fsp3) is 0.400. The Bertz CT molecular complexity index is 637. The van der Waals surface area contributed by atoms with E-state index in [2.05, 4.69) is 40.5 Å². The van der Waals surface area contributed by atoms with E-state index in [9.17, 15) is 0 Å². The van der Waals surface area contributed by atoms with Crippen molar-refractivity contribution >= 4 is 23.2 Å². The van der Waals surface area contributed by atoms with Crippen molar-refractivity contribution in [3.63, 3.8) is 0 Å². The molecule has 0 bridgehead atoms. The van der Waals surface area contributed by atoms with Crippen LogP contribution in [0.4, 0.5) is 0 Å². The van der Waals surface area contributed by atoms with Crippen LogP contribution in [0.2, 0.25) is 10.0 Å². The maximum Gasteiger partial charge on any atom is 0.0595 e. The summed E-state index contributed by atoms with van der Waals surface area (Å²) in [5, 5.41) is 4.90. The van der Waals surface area contributed by atoms with Gasteiger partial charge in [0, 0.05) is 19.1 Å². The molecule has 0 amide bonds. The molecule has 0 aromatic heterocycles. The molecule has 3 rings (SSSR count). The van der Waals surface area contributed by atoms with Crippen LogP contribution in [0.1, 0.15) is 24.0 Å². The molecular formula is C20H24Cl2N2. The van der Waals surface area contributed by atoms with Gasteiger partial charge in [-0.25, -0.2) is 0 Å². The van der Waals surface area contributed by atoms with E-state index in [1.54, 1.807) is 0 Å². The van der Waals surface area contributed by atoms with Gasteiger partial charge in [0.25, 0.3) is 0 Å². The molecule has 1 aliphatic rings. The average Bonchev–Trinajstić information content (AvgIpc) is 2.63. The highest BCUT2D eigenvalue weighted by Crippen LogP contribution is 2.22. The second-order valence-corrected chi connectivity index (χ2v) is 7.30. The molecule has 1 heterocycles. The van der Waals surface area contributed by atoms with Gasteiger partial charge in [0.15, 0.2) is 0 Å². The van der Waals surface area contributed by atoms with Crippen LogP contribution < -0.4 is 5.32 Å². The van der Waals surface area contributed by atoms with E-state index in [0.717, 1.165) is 19.5 Å². The Kier molecular flexibility index (Phi) is 6.56. The molecule has 0 unspecified atom stereocenters. The van der Waals surface area contributed by atoms with Crippen molar-refractivity contribution in [2.45, 2.75) is 31.8 Å². The first kappa shape index (κ1) is 17.8. The molecule has 128 valence electrons. The zero-order valence-electron chi connectivity index (χ0n) is 13.8. The van der Waals surface area contributed by atoms with E-state index < -0.39 is 0 Å². The Morgan fingerprint density at radius 3 is 2.38 bits per heavy atom. The SMILES string of the molecule is Clc1ccc(CNC2CCN(CCc3ccccc3)CC2)cc1Cl. The normalized spacial score (nSPS) is 16.4. The minimum atomic E-state index is 0.590. The molecule has 0 saturated carbocycles. The van der Waals surface area contributed by atoms with E-state index in [1.807, 2.05) is 18.2 Å². The highest BCUT2D eigenvalue weighted by molar-refractivity contribution is 6.42. The molecule has 24 heavy (non-hydrogen) atoms. The average molecular weight is 363 g/mol. The molecule has 0 atom stereocenters. The molecule has 4 heteroatoms. The van der Waals surface area contributed by atoms with E-state index in [-0.39, 0.29) is 0 Å². The third-order valence-corrected chi connectivity index (χ3v) is 5.47. The Hall–Kier alpha value is -1.06. The van der Waals surface area contributed by atoms with Crippen molar-refractivity contribution in [1.82, 2.24) is 10.2 Å². The van der Waals surface area contributed by atoms with Crippen LogP contribution in [0.5, 0.6) is 0 Å². The Balaban J connectivity index is 1.38. The molecule has 2 aromatic rings. The van der Waals surface area contributed by atoms with Crippen LogP contribution in [0.3, 0.4) is 0 Å². The van der Waals surface area contributed by atoms with Gasteiger partial charge in [0.1, 0.15) is 0 Å². The zero-order chi connectivity index (χ0) is 16.8. The number of benzene rings is 2. The molecule has 2 aromatic carbocycles. The Morgan fingerprint density at radius 2 is 1.67 bits per heavy atom. The summed E-state index contributed by atoms with van der Waals surface area (Å²) in [6.45, 7) is 4.35. The molecule has 1 aliphatic heterocycles. The van der Waals surface area contributed by atoms with Gasteiger partial charge in [-0.15, -0.1) is 0 Å². The lowest BCUT2D eigenvalue weighted by Gasteiger charge is -2.32. The first-order chi connectivity index (χ1) is 11.7. The summed E-state index contributed by atoms with van der Waals surface area (Å²) in [6.07, 6.45) is 3.55. The molecule has 1 fully saturated rings. The molecule has 1 N–H and O–H groups in total. The topological polar surface area (TPSA) is 15.3 Å². The summed E-state index contributed by atoms with van der Waals surface area (Å²) in [4.78, 5) is 2.57. The van der Waals surface area contributed by atoms with Crippen molar-refractivity contribution in [2.24, 2.45) is 0 Å². The van der Waals surface area contributed by atoms with Gasteiger partial charge in [-0.1, -0.05) is 59.6 Å². The van der Waals surface area contributed by atoms with E-state index in [1.165, 1.54) is 37.1 Å². The number of nitrogens with one attached hydrogen (secondary N) is 1. The smallest absolute Gasteiger partial charge is 0.0595 e. The zero-order valence-corrected chi connectivity index (χ0v) is 15.4. The van der Waals surface area contributed by atoms with Crippen LogP contribution in [0.15, 0.2) is 48.5 Å². The van der Waals surface area contributed by atoms with Crippen molar-refractivity contribution in [2.75, 3.05) is 19.6 Å². The molecular weight excluding hydrogens is 339 g/mol. The third kappa shape index (κ3) is 5.22. The molecule has 0 aliphatic carbocycles. The first-order valence-electron chi connectivity index (χ1n) is 8.64. The minimum absolute atomic E-state index is 0.590. The van der Waals surface area contributed by atoms with E-state index >= 15 is 0 Å². The fourth-order valence-electron chi connectivity index (χ4n) is 3.20. The van der Waals surface area contributed by atoms with Crippen molar-refractivity contribution in [3.8, 4) is 0 Å². The number of likely N-dealkylation sites (tertiary alicyclic amines) is 1. The van der Waals surface area contributed by atoms with Gasteiger partial charge in [-0.2, -0.15) is 0 Å². The van der Waals surface area contributed by atoms with Gasteiger partial charge in [-0.3, -0.25) is 0 Å². The summed E-state index contributed by atoms with van der Waals surface area (Å²) in [6, 6.07) is 17.2. The Labute approximate surface area is 154 Å². The van der Waals surface area contributed by atoms with Crippen LogP contribution in [-0.4, -0.2) is 30.6 Å². The van der Waals surface area contributed by atoms with Crippen LogP contribution >= 0.6 is 23.2 Å². The lowest BCUT2D eigenvalue weighted by atomic mass is 10.0. The largest absolute Gasteiger partial charge is 0.310 e. The number of halogens is 2. The lowest BCUT2D eigenvalue weighted by molar-refractivity contribution is 0.199. The van der Waals surface area contributed by atoms with Crippen molar-refractivity contribution in [1.29, 1.82) is 0 Å². The quantitative estimate of drug-likeness (QED) is 0.794. The molecule has 0 radical (unpaired) electrons. The first-order valence-corrected chi connectivity index (χ1v) is 9.40. The van der Waals surface area contributed by atoms with E-state index in [0.29, 0.717) is 16.1 Å². The summed E-state index contributed by atoms with van der Waals surface area (Å²) in [7, 11) is 0. The number of rotatable bonds is 6. The molecule has 0 spiro atoms. The highest BCUT2D eigenvalue weighted by Gasteiger charge is 2.18. The maximum atomic E-state index is 6.07. The number of hydrogen-bond acceptors (Lipinski definition) is 2. The minimum Gasteiger partial charge on any atom is -0.310 e. The van der Waals surface area contributed by atoms with Gasteiger partial charge in [0.05, 0.1) is 10.0 Å². The predicted octanol–water partition coefficient (Wildman–Crippen LogP) is 4.79. The van der Waals surface area contributed by atoms with Crippen LogP contribution in [0.25, 0.3) is 0 Å². The van der Waals surface area contributed by atoms with Crippen LogP contribution in [-0.2, 0) is 13.0 Å². The third-order valence-electron chi connectivity index (χ3n) is 4.73. The standard InChI is InChI=1S/C20H24Cl2N2/c21-19-7-6-17(14-20(19)22)15-23-18-9-12-24(13-10-18)11-8-16-4-2-1-3-5-16/h1-7,14,18,23H,8-13,15H2. The fourth-order valence-corrected chi connectivity index (χ4v) is 3.53. The number of piperidine rings is 1. The Morgan fingerprint density at radius 1 is 0.917 bits per heavy atom. The summed E-state index contributed by atoms with van der Waals surface area (Å²) in [5.41, 5.74) is 2.62. The number of hydrogen-bond donors (Lipinski definition) is 1. The van der Waals surface area contributed by atoms with Gasteiger partial charge >= 0.3 is 0 Å². The number of nitrogens with zero attached hydrogens (tertiary/aromatic N) is 1. The maximum absolute atomic E-state index is 6.07.